The molecule has 7 heteroatoms. The van der Waals surface area contributed by atoms with Gasteiger partial charge in [-0.2, -0.15) is 0 Å². The third kappa shape index (κ3) is 2.59. The average Bonchev–Trinajstić information content (AvgIpc) is 2.76. The molecule has 0 spiro atoms. The molecule has 0 atom stereocenters. The second kappa shape index (κ2) is 4.89. The van der Waals surface area contributed by atoms with Crippen LogP contribution in [0.15, 0.2) is 36.5 Å². The SMILES string of the molecule is O=C(O)c1cc([N+](=O)[O-])cn1Cc1ccccc1F. The number of nitro groups is 1. The molecular weight excluding hydrogens is 255 g/mol. The maximum absolute atomic E-state index is 13.5. The molecule has 1 N–H and O–H groups in total. The molecule has 0 fully saturated rings. The van der Waals surface area contributed by atoms with Crippen LogP contribution in [0, 0.1) is 15.9 Å². The summed E-state index contributed by atoms with van der Waals surface area (Å²) >= 11 is 0. The molecule has 2 aromatic rings. The molecule has 0 saturated carbocycles. The van der Waals surface area contributed by atoms with Crippen LogP contribution in [-0.2, 0) is 6.54 Å². The monoisotopic (exact) mass is 264 g/mol. The molecule has 0 bridgehead atoms. The van der Waals surface area contributed by atoms with Crippen molar-refractivity contribution in [1.29, 1.82) is 0 Å². The van der Waals surface area contributed by atoms with Crippen LogP contribution in [0.5, 0.6) is 0 Å². The number of carboxylic acids is 1. The zero-order chi connectivity index (χ0) is 14.0. The van der Waals surface area contributed by atoms with Crippen molar-refractivity contribution in [2.75, 3.05) is 0 Å². The Labute approximate surface area is 106 Å². The molecule has 0 unspecified atom stereocenters. The molecular formula is C12H9FN2O4. The Kier molecular flexibility index (Phi) is 3.28. The zero-order valence-electron chi connectivity index (χ0n) is 9.62. The highest BCUT2D eigenvalue weighted by Gasteiger charge is 2.19. The highest BCUT2D eigenvalue weighted by Crippen LogP contribution is 2.19. The Morgan fingerprint density at radius 1 is 1.42 bits per heavy atom. The highest BCUT2D eigenvalue weighted by molar-refractivity contribution is 5.87. The summed E-state index contributed by atoms with van der Waals surface area (Å²) in [4.78, 5) is 20.9. The fraction of sp³-hybridized carbons (Fsp3) is 0.0833. The smallest absolute Gasteiger partial charge is 0.352 e. The van der Waals surface area contributed by atoms with Gasteiger partial charge in [0.2, 0.25) is 0 Å². The van der Waals surface area contributed by atoms with Gasteiger partial charge in [0.25, 0.3) is 5.69 Å². The predicted octanol–water partition coefficient (Wildman–Crippen LogP) is 2.28. The number of aromatic nitrogens is 1. The maximum Gasteiger partial charge on any atom is 0.352 e. The zero-order valence-corrected chi connectivity index (χ0v) is 9.62. The molecule has 0 amide bonds. The third-order valence-corrected chi connectivity index (χ3v) is 2.61. The van der Waals surface area contributed by atoms with E-state index in [1.807, 2.05) is 0 Å². The van der Waals surface area contributed by atoms with Crippen LogP contribution in [0.1, 0.15) is 16.1 Å². The van der Waals surface area contributed by atoms with Crippen LogP contribution >= 0.6 is 0 Å². The minimum atomic E-state index is -1.30. The number of benzene rings is 1. The van der Waals surface area contributed by atoms with Crippen molar-refractivity contribution in [3.63, 3.8) is 0 Å². The maximum atomic E-state index is 13.5. The summed E-state index contributed by atoms with van der Waals surface area (Å²) in [5.41, 5.74) is -0.334. The van der Waals surface area contributed by atoms with E-state index in [2.05, 4.69) is 0 Å². The summed E-state index contributed by atoms with van der Waals surface area (Å²) < 4.78 is 14.6. The Bertz CT molecular complexity index is 651. The molecule has 2 rings (SSSR count). The first-order valence-electron chi connectivity index (χ1n) is 5.30. The van der Waals surface area contributed by atoms with Crippen molar-refractivity contribution in [2.45, 2.75) is 6.54 Å². The van der Waals surface area contributed by atoms with Crippen LogP contribution < -0.4 is 0 Å². The van der Waals surface area contributed by atoms with Crippen LogP contribution in [-0.4, -0.2) is 20.6 Å². The van der Waals surface area contributed by atoms with Gasteiger partial charge in [-0.1, -0.05) is 18.2 Å². The van der Waals surface area contributed by atoms with Gasteiger partial charge in [0.1, 0.15) is 11.5 Å². The number of aromatic carboxylic acids is 1. The van der Waals surface area contributed by atoms with Crippen molar-refractivity contribution in [2.24, 2.45) is 0 Å². The van der Waals surface area contributed by atoms with Crippen molar-refractivity contribution in [1.82, 2.24) is 4.57 Å². The topological polar surface area (TPSA) is 85.4 Å². The summed E-state index contributed by atoms with van der Waals surface area (Å²) in [6.07, 6.45) is 1.08. The lowest BCUT2D eigenvalue weighted by atomic mass is 10.2. The molecule has 0 aliphatic carbocycles. The Hall–Kier alpha value is -2.70. The average molecular weight is 264 g/mol. The lowest BCUT2D eigenvalue weighted by Crippen LogP contribution is -2.09. The highest BCUT2D eigenvalue weighted by atomic mass is 19.1. The largest absolute Gasteiger partial charge is 0.477 e. The Balaban J connectivity index is 2.42. The molecule has 0 radical (unpaired) electrons. The van der Waals surface area contributed by atoms with E-state index in [1.54, 1.807) is 6.07 Å². The van der Waals surface area contributed by atoms with Gasteiger partial charge in [-0.15, -0.1) is 0 Å². The minimum absolute atomic E-state index is 0.0812. The van der Waals surface area contributed by atoms with E-state index in [-0.39, 0.29) is 23.5 Å². The fourth-order valence-electron chi connectivity index (χ4n) is 1.71. The van der Waals surface area contributed by atoms with Crippen molar-refractivity contribution in [3.05, 3.63) is 63.7 Å². The van der Waals surface area contributed by atoms with E-state index in [0.29, 0.717) is 0 Å². The molecule has 0 aliphatic heterocycles. The summed E-state index contributed by atoms with van der Waals surface area (Å²) in [7, 11) is 0. The van der Waals surface area contributed by atoms with Crippen molar-refractivity contribution >= 4 is 11.7 Å². The fourth-order valence-corrected chi connectivity index (χ4v) is 1.71. The number of carboxylic acid groups (broad SMARTS) is 1. The summed E-state index contributed by atoms with van der Waals surface area (Å²) in [6, 6.07) is 6.80. The first-order valence-corrected chi connectivity index (χ1v) is 5.30. The normalized spacial score (nSPS) is 10.4. The van der Waals surface area contributed by atoms with E-state index >= 15 is 0 Å². The van der Waals surface area contributed by atoms with Gasteiger partial charge in [0, 0.05) is 11.6 Å². The number of halogens is 1. The summed E-state index contributed by atoms with van der Waals surface area (Å²) in [5, 5.41) is 19.6. The van der Waals surface area contributed by atoms with E-state index in [4.69, 9.17) is 5.11 Å². The molecule has 1 aromatic heterocycles. The van der Waals surface area contributed by atoms with Crippen molar-refractivity contribution < 1.29 is 19.2 Å². The van der Waals surface area contributed by atoms with Gasteiger partial charge in [0.15, 0.2) is 0 Å². The molecule has 0 aliphatic rings. The lowest BCUT2D eigenvalue weighted by Gasteiger charge is -2.06. The standard InChI is InChI=1S/C12H9FN2O4/c13-10-4-2-1-3-8(10)6-14-7-9(15(18)19)5-11(14)12(16)17/h1-5,7H,6H2,(H,16,17). The number of nitrogens with zero attached hydrogens (tertiary/aromatic N) is 2. The molecule has 6 nitrogen and oxygen atoms in total. The van der Waals surface area contributed by atoms with Crippen molar-refractivity contribution in [3.8, 4) is 0 Å². The minimum Gasteiger partial charge on any atom is -0.477 e. The number of carbonyl (C=O) groups is 1. The van der Waals surface area contributed by atoms with E-state index in [1.165, 1.54) is 18.2 Å². The van der Waals surface area contributed by atoms with Crippen LogP contribution in [0.3, 0.4) is 0 Å². The lowest BCUT2D eigenvalue weighted by molar-refractivity contribution is -0.384. The second-order valence-electron chi connectivity index (χ2n) is 3.87. The van der Waals surface area contributed by atoms with Gasteiger partial charge in [-0.3, -0.25) is 10.1 Å². The molecule has 98 valence electrons. The first kappa shape index (κ1) is 12.7. The van der Waals surface area contributed by atoms with Gasteiger partial charge in [-0.05, 0) is 6.07 Å². The van der Waals surface area contributed by atoms with E-state index in [9.17, 15) is 19.3 Å². The Morgan fingerprint density at radius 3 is 2.68 bits per heavy atom. The van der Waals surface area contributed by atoms with Gasteiger partial charge in [-0.25, -0.2) is 9.18 Å². The second-order valence-corrected chi connectivity index (χ2v) is 3.87. The molecule has 1 aromatic carbocycles. The number of hydrogen-bond acceptors (Lipinski definition) is 3. The molecule has 1 heterocycles. The third-order valence-electron chi connectivity index (χ3n) is 2.61. The quantitative estimate of drug-likeness (QED) is 0.678. The van der Waals surface area contributed by atoms with Gasteiger partial charge in [0.05, 0.1) is 17.7 Å². The number of rotatable bonds is 4. The van der Waals surface area contributed by atoms with Crippen LogP contribution in [0.2, 0.25) is 0 Å². The Morgan fingerprint density at radius 2 is 2.11 bits per heavy atom. The van der Waals surface area contributed by atoms with Crippen LogP contribution in [0.25, 0.3) is 0 Å². The number of hydrogen-bond donors (Lipinski definition) is 1. The van der Waals surface area contributed by atoms with E-state index in [0.717, 1.165) is 16.8 Å². The van der Waals surface area contributed by atoms with Gasteiger partial charge >= 0.3 is 5.97 Å². The van der Waals surface area contributed by atoms with Crippen LogP contribution in [0.4, 0.5) is 10.1 Å². The summed E-state index contributed by atoms with van der Waals surface area (Å²) in [6.45, 7) is -0.0812. The first-order chi connectivity index (χ1) is 8.99. The van der Waals surface area contributed by atoms with Gasteiger partial charge < -0.3 is 9.67 Å². The van der Waals surface area contributed by atoms with E-state index < -0.39 is 16.7 Å². The summed E-state index contributed by atoms with van der Waals surface area (Å²) in [5.74, 6) is -1.79. The predicted molar refractivity (Wildman–Crippen MR) is 63.5 cm³/mol. The molecule has 0 saturated heterocycles. The molecule has 19 heavy (non-hydrogen) atoms.